The summed E-state index contributed by atoms with van der Waals surface area (Å²) in [6, 6.07) is 0. The Morgan fingerprint density at radius 3 is 2.29 bits per heavy atom. The van der Waals surface area contributed by atoms with Crippen molar-refractivity contribution in [3.05, 3.63) is 0 Å². The molecule has 8 heteroatoms. The number of hydrogen-bond donors (Lipinski definition) is 2. The smallest absolute Gasteiger partial charge is 0.356 e. The molecule has 126 valence electrons. The van der Waals surface area contributed by atoms with E-state index in [1.807, 2.05) is 11.8 Å². The molecule has 0 atom stereocenters. The molecule has 0 aliphatic carbocycles. The minimum atomic E-state index is -4.13. The monoisotopic (exact) mass is 328 g/mol. The Morgan fingerprint density at radius 1 is 1.14 bits per heavy atom. The predicted octanol–water partition coefficient (Wildman–Crippen LogP) is 2.18. The van der Waals surface area contributed by atoms with Gasteiger partial charge in [0.25, 0.3) is 0 Å². The van der Waals surface area contributed by atoms with Crippen LogP contribution in [0.5, 0.6) is 0 Å². The van der Waals surface area contributed by atoms with Gasteiger partial charge in [-0.2, -0.15) is 24.9 Å². The van der Waals surface area contributed by atoms with Crippen molar-refractivity contribution >= 4 is 17.7 Å². The fraction of sp³-hybridized carbons (Fsp3) is 0.923. The third-order valence-electron chi connectivity index (χ3n) is 2.75. The lowest BCUT2D eigenvalue weighted by molar-refractivity contribution is -0.143. The van der Waals surface area contributed by atoms with Crippen LogP contribution in [0.2, 0.25) is 0 Å². The average Bonchev–Trinajstić information content (AvgIpc) is 2.39. The summed E-state index contributed by atoms with van der Waals surface area (Å²) in [6.45, 7) is 0.994. The Morgan fingerprint density at radius 2 is 1.76 bits per heavy atom. The van der Waals surface area contributed by atoms with Crippen molar-refractivity contribution < 1.29 is 13.2 Å². The van der Waals surface area contributed by atoms with Crippen LogP contribution in [0.4, 0.5) is 13.2 Å². The maximum atomic E-state index is 12.1. The van der Waals surface area contributed by atoms with Crippen LogP contribution in [0, 0.1) is 0 Å². The number of unbranched alkanes of at least 4 members (excludes halogenated alkanes) is 1. The van der Waals surface area contributed by atoms with Gasteiger partial charge in [0.1, 0.15) is 0 Å². The molecule has 0 aromatic rings. The van der Waals surface area contributed by atoms with Crippen LogP contribution in [-0.4, -0.2) is 69.3 Å². The lowest BCUT2D eigenvalue weighted by Gasteiger charge is -2.18. The number of rotatable bonds is 10. The van der Waals surface area contributed by atoms with E-state index in [0.29, 0.717) is 25.5 Å². The summed E-state index contributed by atoms with van der Waals surface area (Å²) in [5, 5.41) is 6.29. The molecule has 0 unspecified atom stereocenters. The molecular formula is C13H27F3N4S. The van der Waals surface area contributed by atoms with Crippen LogP contribution < -0.4 is 10.6 Å². The number of aliphatic imine (C=N–C) groups is 1. The molecule has 4 nitrogen and oxygen atoms in total. The van der Waals surface area contributed by atoms with E-state index in [2.05, 4.69) is 21.9 Å². The van der Waals surface area contributed by atoms with Crippen LogP contribution in [0.3, 0.4) is 0 Å². The second kappa shape index (κ2) is 12.0. The minimum Gasteiger partial charge on any atom is -0.356 e. The summed E-state index contributed by atoms with van der Waals surface area (Å²) in [5.74, 6) is 1.86. The Kier molecular flexibility index (Phi) is 11.6. The summed E-state index contributed by atoms with van der Waals surface area (Å²) >= 11 is 1.83. The minimum absolute atomic E-state index is 0.400. The zero-order valence-corrected chi connectivity index (χ0v) is 13.9. The highest BCUT2D eigenvalue weighted by Crippen LogP contribution is 2.15. The number of guanidine groups is 1. The van der Waals surface area contributed by atoms with Gasteiger partial charge in [0.05, 0.1) is 6.54 Å². The lowest BCUT2D eigenvalue weighted by atomic mass is 10.3. The van der Waals surface area contributed by atoms with E-state index < -0.39 is 12.7 Å². The Bertz CT molecular complexity index is 285. The molecule has 0 aromatic carbocycles. The van der Waals surface area contributed by atoms with Crippen LogP contribution in [0.15, 0.2) is 4.99 Å². The second-order valence-corrected chi connectivity index (χ2v) is 5.82. The van der Waals surface area contributed by atoms with Gasteiger partial charge in [0, 0.05) is 20.1 Å². The zero-order chi connectivity index (χ0) is 16.1. The van der Waals surface area contributed by atoms with Gasteiger partial charge in [-0.05, 0) is 44.9 Å². The molecule has 0 saturated carbocycles. The Balaban J connectivity index is 3.64. The summed E-state index contributed by atoms with van der Waals surface area (Å²) in [4.78, 5) is 5.36. The highest BCUT2D eigenvalue weighted by molar-refractivity contribution is 7.98. The number of halogens is 3. The first-order valence-corrected chi connectivity index (χ1v) is 8.47. The van der Waals surface area contributed by atoms with Crippen molar-refractivity contribution in [2.75, 3.05) is 52.3 Å². The number of nitrogens with zero attached hydrogens (tertiary/aromatic N) is 2. The fourth-order valence-electron chi connectivity index (χ4n) is 1.74. The lowest BCUT2D eigenvalue weighted by Crippen LogP contribution is -2.39. The normalized spacial score (nSPS) is 12.8. The van der Waals surface area contributed by atoms with Crippen LogP contribution in [-0.2, 0) is 0 Å². The van der Waals surface area contributed by atoms with Crippen molar-refractivity contribution in [3.63, 3.8) is 0 Å². The van der Waals surface area contributed by atoms with Crippen LogP contribution >= 0.6 is 11.8 Å². The maximum Gasteiger partial charge on any atom is 0.401 e. The molecule has 0 rings (SSSR count). The molecule has 0 aromatic heterocycles. The summed E-state index contributed by atoms with van der Waals surface area (Å²) in [7, 11) is 3.17. The summed E-state index contributed by atoms with van der Waals surface area (Å²) in [6.07, 6.45) is 0.837. The molecular weight excluding hydrogens is 301 g/mol. The first-order chi connectivity index (χ1) is 9.89. The van der Waals surface area contributed by atoms with Gasteiger partial charge in [-0.15, -0.1) is 0 Å². The van der Waals surface area contributed by atoms with Gasteiger partial charge in [-0.1, -0.05) is 0 Å². The van der Waals surface area contributed by atoms with E-state index in [-0.39, 0.29) is 0 Å². The van der Waals surface area contributed by atoms with Gasteiger partial charge in [0.2, 0.25) is 0 Å². The van der Waals surface area contributed by atoms with E-state index in [1.54, 1.807) is 7.05 Å². The first kappa shape index (κ1) is 20.4. The number of thioether (sulfide) groups is 1. The first-order valence-electron chi connectivity index (χ1n) is 7.08. The third kappa shape index (κ3) is 14.1. The van der Waals surface area contributed by atoms with E-state index >= 15 is 0 Å². The predicted molar refractivity (Wildman–Crippen MR) is 85.1 cm³/mol. The van der Waals surface area contributed by atoms with Gasteiger partial charge in [-0.25, -0.2) is 0 Å². The molecule has 0 bridgehead atoms. The molecule has 0 aliphatic rings. The van der Waals surface area contributed by atoms with Crippen molar-refractivity contribution in [2.24, 2.45) is 4.99 Å². The molecule has 21 heavy (non-hydrogen) atoms. The molecule has 0 heterocycles. The van der Waals surface area contributed by atoms with Gasteiger partial charge in [0.15, 0.2) is 5.96 Å². The Hall–Kier alpha value is -0.630. The fourth-order valence-corrected chi connectivity index (χ4v) is 2.23. The number of alkyl halides is 3. The zero-order valence-electron chi connectivity index (χ0n) is 13.1. The molecule has 0 amide bonds. The van der Waals surface area contributed by atoms with Crippen molar-refractivity contribution in [2.45, 2.75) is 25.4 Å². The maximum absolute atomic E-state index is 12.1. The quantitative estimate of drug-likeness (QED) is 0.366. The summed E-state index contributed by atoms with van der Waals surface area (Å²) in [5.41, 5.74) is 0. The molecule has 0 radical (unpaired) electrons. The Labute approximate surface area is 129 Å². The van der Waals surface area contributed by atoms with Gasteiger partial charge in [-0.3, -0.25) is 9.89 Å². The topological polar surface area (TPSA) is 39.7 Å². The second-order valence-electron chi connectivity index (χ2n) is 4.83. The van der Waals surface area contributed by atoms with Crippen molar-refractivity contribution in [1.82, 2.24) is 15.5 Å². The molecule has 2 N–H and O–H groups in total. The molecule has 0 spiro atoms. The number of nitrogens with one attached hydrogen (secondary N) is 2. The summed E-state index contributed by atoms with van der Waals surface area (Å²) < 4.78 is 36.4. The highest BCUT2D eigenvalue weighted by atomic mass is 32.2. The molecule has 0 fully saturated rings. The highest BCUT2D eigenvalue weighted by Gasteiger charge is 2.28. The van der Waals surface area contributed by atoms with Crippen molar-refractivity contribution in [3.8, 4) is 0 Å². The molecule has 0 saturated heterocycles. The number of hydrogen-bond acceptors (Lipinski definition) is 3. The van der Waals surface area contributed by atoms with Crippen LogP contribution in [0.25, 0.3) is 0 Å². The van der Waals surface area contributed by atoms with E-state index in [0.717, 1.165) is 25.1 Å². The van der Waals surface area contributed by atoms with Crippen LogP contribution in [0.1, 0.15) is 19.3 Å². The average molecular weight is 328 g/mol. The third-order valence-corrected chi connectivity index (χ3v) is 3.45. The van der Waals surface area contributed by atoms with Gasteiger partial charge >= 0.3 is 6.18 Å². The van der Waals surface area contributed by atoms with Gasteiger partial charge < -0.3 is 10.6 Å². The van der Waals surface area contributed by atoms with E-state index in [9.17, 15) is 13.2 Å². The SMILES string of the molecule is CN=C(NCCCCSC)NCCCN(C)CC(F)(F)F. The van der Waals surface area contributed by atoms with Crippen molar-refractivity contribution in [1.29, 1.82) is 0 Å². The largest absolute Gasteiger partial charge is 0.401 e. The van der Waals surface area contributed by atoms with E-state index in [1.165, 1.54) is 11.9 Å². The standard InChI is InChI=1S/C13H27F3N4S/c1-17-12(18-7-4-5-10-21-3)19-8-6-9-20(2)11-13(14,15)16/h4-11H2,1-3H3,(H2,17,18,19). The van der Waals surface area contributed by atoms with E-state index in [4.69, 9.17) is 0 Å². The molecule has 0 aliphatic heterocycles.